The fourth-order valence-corrected chi connectivity index (χ4v) is 2.56. The van der Waals surface area contributed by atoms with E-state index < -0.39 is 0 Å². The van der Waals surface area contributed by atoms with Crippen molar-refractivity contribution in [3.05, 3.63) is 63.4 Å². The zero-order valence-electron chi connectivity index (χ0n) is 13.0. The van der Waals surface area contributed by atoms with Crippen molar-refractivity contribution in [1.82, 2.24) is 20.6 Å². The third-order valence-corrected chi connectivity index (χ3v) is 4.25. The number of nitrogens with zero attached hydrogens (tertiary/aromatic N) is 3. The Labute approximate surface area is 152 Å². The summed E-state index contributed by atoms with van der Waals surface area (Å²) < 4.78 is 10.6. The van der Waals surface area contributed by atoms with E-state index in [0.717, 1.165) is 0 Å². The molecule has 25 heavy (non-hydrogen) atoms. The Morgan fingerprint density at radius 2 is 1.88 bits per heavy atom. The second-order valence-electron chi connectivity index (χ2n) is 4.91. The zero-order valence-corrected chi connectivity index (χ0v) is 14.5. The number of hydrogen-bond acceptors (Lipinski definition) is 6. The Balaban J connectivity index is 1.82. The number of aromatic nitrogens is 4. The fourth-order valence-electron chi connectivity index (χ4n) is 2.10. The minimum atomic E-state index is -0.251. The molecule has 0 saturated carbocycles. The van der Waals surface area contributed by atoms with Crippen molar-refractivity contribution in [1.29, 1.82) is 0 Å². The van der Waals surface area contributed by atoms with E-state index in [2.05, 4.69) is 20.6 Å². The molecule has 0 aliphatic carbocycles. The van der Waals surface area contributed by atoms with E-state index in [0.29, 0.717) is 22.9 Å². The molecule has 0 radical (unpaired) electrons. The van der Waals surface area contributed by atoms with Crippen molar-refractivity contribution in [3.63, 3.8) is 0 Å². The van der Waals surface area contributed by atoms with E-state index >= 15 is 0 Å². The van der Waals surface area contributed by atoms with Crippen molar-refractivity contribution in [2.24, 2.45) is 0 Å². The van der Waals surface area contributed by atoms with Crippen LogP contribution in [0.25, 0.3) is 0 Å². The molecule has 2 aromatic carbocycles. The first-order valence-electron chi connectivity index (χ1n) is 7.12. The molecule has 3 rings (SSSR count). The Morgan fingerprint density at radius 3 is 2.52 bits per heavy atom. The summed E-state index contributed by atoms with van der Waals surface area (Å²) in [4.78, 5) is 12.6. The summed E-state index contributed by atoms with van der Waals surface area (Å²) in [5, 5.41) is 13.6. The lowest BCUT2D eigenvalue weighted by molar-refractivity contribution is 0.103. The van der Waals surface area contributed by atoms with Gasteiger partial charge in [0.1, 0.15) is 16.5 Å². The van der Waals surface area contributed by atoms with E-state index in [9.17, 15) is 4.79 Å². The number of H-pyrrole nitrogens is 1. The largest absolute Gasteiger partial charge is 0.497 e. The van der Waals surface area contributed by atoms with E-state index in [4.69, 9.17) is 32.7 Å². The average Bonchev–Trinajstić information content (AvgIpc) is 3.16. The first-order valence-corrected chi connectivity index (χ1v) is 7.87. The van der Waals surface area contributed by atoms with Crippen molar-refractivity contribution in [3.8, 4) is 11.5 Å². The van der Waals surface area contributed by atoms with Crippen LogP contribution >= 0.6 is 23.2 Å². The normalized spacial score (nSPS) is 10.5. The van der Waals surface area contributed by atoms with Crippen LogP contribution in [-0.4, -0.2) is 33.5 Å². The lowest BCUT2D eigenvalue weighted by atomic mass is 10.0. The molecule has 1 N–H and O–H groups in total. The number of rotatable bonds is 6. The summed E-state index contributed by atoms with van der Waals surface area (Å²) in [7, 11) is 1.56. The average molecular weight is 379 g/mol. The predicted octanol–water partition coefficient (Wildman–Crippen LogP) is 3.33. The van der Waals surface area contributed by atoms with Gasteiger partial charge in [0.25, 0.3) is 0 Å². The number of carbonyl (C=O) groups is 1. The van der Waals surface area contributed by atoms with Crippen molar-refractivity contribution >= 4 is 29.0 Å². The number of nitrogens with one attached hydrogen (secondary N) is 1. The first-order chi connectivity index (χ1) is 12.1. The van der Waals surface area contributed by atoms with Crippen LogP contribution in [0.15, 0.2) is 36.4 Å². The van der Waals surface area contributed by atoms with Gasteiger partial charge in [0.2, 0.25) is 5.82 Å². The maximum absolute atomic E-state index is 12.6. The standard InChI is InChI=1S/C16H12Cl2N4O3/c1-24-10-4-2-9(3-5-10)16(23)11-6-7-12(15(18)14(11)17)25-8-13-19-21-22-20-13/h2-7H,8H2,1H3,(H,19,20,21,22). The molecule has 0 fully saturated rings. The summed E-state index contributed by atoms with van der Waals surface area (Å²) in [6, 6.07) is 9.85. The van der Waals surface area contributed by atoms with E-state index in [1.165, 1.54) is 0 Å². The number of ether oxygens (including phenoxy) is 2. The van der Waals surface area contributed by atoms with Gasteiger partial charge in [-0.25, -0.2) is 0 Å². The molecule has 0 unspecified atom stereocenters. The molecule has 1 aromatic heterocycles. The van der Waals surface area contributed by atoms with Crippen LogP contribution in [0, 0.1) is 0 Å². The molecule has 0 aliphatic rings. The van der Waals surface area contributed by atoms with Gasteiger partial charge in [-0.15, -0.1) is 10.2 Å². The molecule has 0 bridgehead atoms. The Morgan fingerprint density at radius 1 is 1.12 bits per heavy atom. The molecular formula is C16H12Cl2N4O3. The Bertz CT molecular complexity index is 883. The van der Waals surface area contributed by atoms with Crippen molar-refractivity contribution in [2.75, 3.05) is 7.11 Å². The fraction of sp³-hybridized carbons (Fsp3) is 0.125. The van der Waals surface area contributed by atoms with Crippen LogP contribution < -0.4 is 9.47 Å². The summed E-state index contributed by atoms with van der Waals surface area (Å²) in [6.07, 6.45) is 0. The van der Waals surface area contributed by atoms with E-state index in [-0.39, 0.29) is 28.0 Å². The molecule has 0 saturated heterocycles. The van der Waals surface area contributed by atoms with E-state index in [1.807, 2.05) is 0 Å². The third-order valence-electron chi connectivity index (χ3n) is 3.39. The molecule has 0 aliphatic heterocycles. The highest BCUT2D eigenvalue weighted by atomic mass is 35.5. The van der Waals surface area contributed by atoms with Crippen LogP contribution in [0.1, 0.15) is 21.7 Å². The van der Waals surface area contributed by atoms with Gasteiger partial charge in [-0.2, -0.15) is 5.21 Å². The molecule has 7 nitrogen and oxygen atoms in total. The molecule has 1 heterocycles. The number of carbonyl (C=O) groups excluding carboxylic acids is 1. The van der Waals surface area contributed by atoms with Crippen molar-refractivity contribution < 1.29 is 14.3 Å². The zero-order chi connectivity index (χ0) is 17.8. The van der Waals surface area contributed by atoms with Gasteiger partial charge in [-0.05, 0) is 36.4 Å². The SMILES string of the molecule is COc1ccc(C(=O)c2ccc(OCc3nn[nH]n3)c(Cl)c2Cl)cc1. The van der Waals surface area contributed by atoms with Gasteiger partial charge >= 0.3 is 0 Å². The monoisotopic (exact) mass is 378 g/mol. The second-order valence-corrected chi connectivity index (χ2v) is 5.67. The highest BCUT2D eigenvalue weighted by Gasteiger charge is 2.18. The van der Waals surface area contributed by atoms with Gasteiger partial charge in [0, 0.05) is 11.1 Å². The Hall–Kier alpha value is -2.64. The number of methoxy groups -OCH3 is 1. The predicted molar refractivity (Wildman–Crippen MR) is 91.4 cm³/mol. The first kappa shape index (κ1) is 17.2. The van der Waals surface area contributed by atoms with E-state index in [1.54, 1.807) is 43.5 Å². The molecule has 128 valence electrons. The van der Waals surface area contributed by atoms with Gasteiger partial charge in [0.15, 0.2) is 12.4 Å². The van der Waals surface area contributed by atoms with Crippen LogP contribution in [0.3, 0.4) is 0 Å². The van der Waals surface area contributed by atoms with Gasteiger partial charge in [-0.3, -0.25) is 4.79 Å². The number of tetrazole rings is 1. The van der Waals surface area contributed by atoms with Crippen molar-refractivity contribution in [2.45, 2.75) is 6.61 Å². The topological polar surface area (TPSA) is 90.0 Å². The number of hydrogen-bond donors (Lipinski definition) is 1. The lowest BCUT2D eigenvalue weighted by Crippen LogP contribution is -2.04. The molecule has 9 heteroatoms. The quantitative estimate of drug-likeness (QED) is 0.661. The molecule has 3 aromatic rings. The summed E-state index contributed by atoms with van der Waals surface area (Å²) >= 11 is 12.5. The van der Waals surface area contributed by atoms with Crippen LogP contribution in [0.2, 0.25) is 10.0 Å². The maximum Gasteiger partial charge on any atom is 0.211 e. The third kappa shape index (κ3) is 3.72. The molecule has 0 atom stereocenters. The lowest BCUT2D eigenvalue weighted by Gasteiger charge is -2.11. The van der Waals surface area contributed by atoms with Gasteiger partial charge < -0.3 is 9.47 Å². The number of benzene rings is 2. The Kier molecular flexibility index (Phi) is 5.16. The highest BCUT2D eigenvalue weighted by Crippen LogP contribution is 2.36. The number of aromatic amines is 1. The van der Waals surface area contributed by atoms with Crippen LogP contribution in [0.5, 0.6) is 11.5 Å². The summed E-state index contributed by atoms with van der Waals surface area (Å²) in [6.45, 7) is 0.0678. The highest BCUT2D eigenvalue weighted by molar-refractivity contribution is 6.45. The van der Waals surface area contributed by atoms with Crippen LogP contribution in [0.4, 0.5) is 0 Å². The molecular weight excluding hydrogens is 367 g/mol. The van der Waals surface area contributed by atoms with Gasteiger partial charge in [-0.1, -0.05) is 28.4 Å². The minimum absolute atomic E-state index is 0.0678. The molecule has 0 amide bonds. The second kappa shape index (κ2) is 7.50. The molecule has 0 spiro atoms. The number of halogens is 2. The summed E-state index contributed by atoms with van der Waals surface area (Å²) in [5.41, 5.74) is 0.753. The maximum atomic E-state index is 12.6. The smallest absolute Gasteiger partial charge is 0.211 e. The van der Waals surface area contributed by atoms with Gasteiger partial charge in [0.05, 0.1) is 12.1 Å². The minimum Gasteiger partial charge on any atom is -0.497 e. The summed E-state index contributed by atoms with van der Waals surface area (Å²) in [5.74, 6) is 1.10. The van der Waals surface area contributed by atoms with Crippen LogP contribution in [-0.2, 0) is 6.61 Å². The number of ketones is 1.